The van der Waals surface area contributed by atoms with Crippen LogP contribution in [0.1, 0.15) is 48.6 Å². The molecule has 4 rings (SSSR count). The Kier molecular flexibility index (Phi) is 5.28. The Labute approximate surface area is 152 Å². The number of nitrogens with two attached hydrogens (primary N) is 1. The zero-order valence-electron chi connectivity index (χ0n) is 13.7. The Bertz CT molecular complexity index is 619. The van der Waals surface area contributed by atoms with Gasteiger partial charge < -0.3 is 15.7 Å². The number of hydrogen-bond donors (Lipinski definition) is 2. The van der Waals surface area contributed by atoms with Crippen LogP contribution in [0.2, 0.25) is 0 Å². The molecule has 0 amide bonds. The molecule has 4 nitrogen and oxygen atoms in total. The van der Waals surface area contributed by atoms with Gasteiger partial charge in [0.2, 0.25) is 0 Å². The third-order valence-corrected chi connectivity index (χ3v) is 5.95. The molecule has 3 N–H and O–H groups in total. The van der Waals surface area contributed by atoms with Crippen molar-refractivity contribution in [2.75, 3.05) is 29.7 Å². The van der Waals surface area contributed by atoms with Crippen LogP contribution >= 0.6 is 23.2 Å². The maximum atomic E-state index is 11.9. The zero-order chi connectivity index (χ0) is 17.3. The molecule has 0 heterocycles. The van der Waals surface area contributed by atoms with Gasteiger partial charge in [-0.1, -0.05) is 12.5 Å². The molecule has 132 valence electrons. The molecular weight excluding hydrogens is 347 g/mol. The molecule has 0 radical (unpaired) electrons. The molecule has 2 bridgehead atoms. The van der Waals surface area contributed by atoms with E-state index >= 15 is 0 Å². The normalized spacial score (nSPS) is 28.3. The number of carbonyl (C=O) groups is 1. The van der Waals surface area contributed by atoms with Crippen molar-refractivity contribution in [3.63, 3.8) is 0 Å². The summed E-state index contributed by atoms with van der Waals surface area (Å²) in [5.41, 5.74) is 8.67. The van der Waals surface area contributed by atoms with Gasteiger partial charge in [-0.25, -0.2) is 0 Å². The van der Waals surface area contributed by atoms with E-state index in [0.29, 0.717) is 31.3 Å². The number of fused-ring (bicyclic) bond motifs is 3. The van der Waals surface area contributed by atoms with Crippen molar-refractivity contribution < 1.29 is 9.90 Å². The summed E-state index contributed by atoms with van der Waals surface area (Å²) in [6.45, 7) is 1.43. The molecule has 1 aromatic rings. The van der Waals surface area contributed by atoms with Gasteiger partial charge in [-0.05, 0) is 48.4 Å². The number of alkyl halides is 2. The standard InChI is InChI=1S/C18H24Cl2N2O2/c19-6-8-22(9-7-20)13-4-5-14-12-2-1-3-16(15(14)10-13)18(21,11-12)17(23)24/h4-5,10,12,16H,1-3,6-9,11,21H2,(H,23,24). The minimum atomic E-state index is -1.16. The van der Waals surface area contributed by atoms with Crippen molar-refractivity contribution in [2.24, 2.45) is 5.73 Å². The molecule has 0 saturated heterocycles. The highest BCUT2D eigenvalue weighted by Crippen LogP contribution is 2.52. The molecule has 1 fully saturated rings. The molecule has 0 aromatic heterocycles. The number of hydrogen-bond acceptors (Lipinski definition) is 3. The molecule has 0 aliphatic heterocycles. The van der Waals surface area contributed by atoms with Gasteiger partial charge in [-0.2, -0.15) is 0 Å². The van der Waals surface area contributed by atoms with Crippen LogP contribution in [0.3, 0.4) is 0 Å². The molecule has 0 spiro atoms. The molecule has 6 heteroatoms. The Balaban J connectivity index is 2.04. The summed E-state index contributed by atoms with van der Waals surface area (Å²) in [5.74, 6) is 0.279. The Morgan fingerprint density at radius 2 is 1.96 bits per heavy atom. The third-order valence-electron chi connectivity index (χ3n) is 5.61. The van der Waals surface area contributed by atoms with Crippen molar-refractivity contribution in [1.29, 1.82) is 0 Å². The smallest absolute Gasteiger partial charge is 0.324 e. The fourth-order valence-electron chi connectivity index (χ4n) is 4.42. The van der Waals surface area contributed by atoms with E-state index in [2.05, 4.69) is 23.1 Å². The van der Waals surface area contributed by atoms with Crippen LogP contribution in [-0.4, -0.2) is 41.5 Å². The summed E-state index contributed by atoms with van der Waals surface area (Å²) in [4.78, 5) is 14.0. The lowest BCUT2D eigenvalue weighted by Gasteiger charge is -2.41. The third kappa shape index (κ3) is 3.00. The highest BCUT2D eigenvalue weighted by atomic mass is 35.5. The van der Waals surface area contributed by atoms with Crippen molar-refractivity contribution in [1.82, 2.24) is 0 Å². The number of carboxylic acid groups (broad SMARTS) is 1. The first-order valence-corrected chi connectivity index (χ1v) is 9.61. The Hall–Kier alpha value is -0.970. The van der Waals surface area contributed by atoms with E-state index in [-0.39, 0.29) is 11.8 Å². The predicted octanol–water partition coefficient (Wildman–Crippen LogP) is 3.51. The maximum Gasteiger partial charge on any atom is 0.324 e. The van der Waals surface area contributed by atoms with E-state index in [4.69, 9.17) is 28.9 Å². The minimum Gasteiger partial charge on any atom is -0.480 e. The zero-order valence-corrected chi connectivity index (χ0v) is 15.2. The van der Waals surface area contributed by atoms with Crippen molar-refractivity contribution in [3.8, 4) is 0 Å². The second-order valence-electron chi connectivity index (χ2n) is 6.91. The van der Waals surface area contributed by atoms with E-state index in [1.165, 1.54) is 5.56 Å². The fourth-order valence-corrected chi connectivity index (χ4v) is 4.83. The number of halogens is 2. The first-order valence-electron chi connectivity index (χ1n) is 8.54. The highest BCUT2D eigenvalue weighted by Gasteiger charge is 2.50. The number of rotatable bonds is 6. The van der Waals surface area contributed by atoms with Crippen LogP contribution in [0, 0.1) is 0 Å². The summed E-state index contributed by atoms with van der Waals surface area (Å²) in [7, 11) is 0. The van der Waals surface area contributed by atoms with E-state index < -0.39 is 11.5 Å². The van der Waals surface area contributed by atoms with Gasteiger partial charge in [0.25, 0.3) is 0 Å². The van der Waals surface area contributed by atoms with Gasteiger partial charge in [-0.15, -0.1) is 23.2 Å². The van der Waals surface area contributed by atoms with Gasteiger partial charge in [0.05, 0.1) is 0 Å². The average molecular weight is 371 g/mol. The van der Waals surface area contributed by atoms with E-state index in [9.17, 15) is 9.90 Å². The topological polar surface area (TPSA) is 66.6 Å². The van der Waals surface area contributed by atoms with Crippen molar-refractivity contribution >= 4 is 34.9 Å². The number of nitrogens with zero attached hydrogens (tertiary/aromatic N) is 1. The summed E-state index contributed by atoms with van der Waals surface area (Å²) in [6, 6.07) is 6.39. The van der Waals surface area contributed by atoms with Crippen molar-refractivity contribution in [2.45, 2.75) is 43.1 Å². The maximum absolute atomic E-state index is 11.9. The highest BCUT2D eigenvalue weighted by molar-refractivity contribution is 6.18. The van der Waals surface area contributed by atoms with Crippen LogP contribution in [0.4, 0.5) is 5.69 Å². The Morgan fingerprint density at radius 1 is 1.25 bits per heavy atom. The van der Waals surface area contributed by atoms with Crippen molar-refractivity contribution in [3.05, 3.63) is 29.3 Å². The number of benzene rings is 1. The first-order chi connectivity index (χ1) is 11.5. The monoisotopic (exact) mass is 370 g/mol. The largest absolute Gasteiger partial charge is 0.480 e. The lowest BCUT2D eigenvalue weighted by Crippen LogP contribution is -2.55. The van der Waals surface area contributed by atoms with Crippen LogP contribution in [-0.2, 0) is 4.79 Å². The van der Waals surface area contributed by atoms with E-state index in [1.807, 2.05) is 0 Å². The van der Waals surface area contributed by atoms with Gasteiger partial charge in [0.15, 0.2) is 0 Å². The van der Waals surface area contributed by atoms with E-state index in [1.54, 1.807) is 0 Å². The first kappa shape index (κ1) is 17.8. The number of carboxylic acids is 1. The summed E-state index contributed by atoms with van der Waals surface area (Å²) in [6.07, 6.45) is 3.41. The number of anilines is 1. The second kappa shape index (κ2) is 7.11. The predicted molar refractivity (Wildman–Crippen MR) is 98.6 cm³/mol. The lowest BCUT2D eigenvalue weighted by atomic mass is 9.67. The van der Waals surface area contributed by atoms with Gasteiger partial charge >= 0.3 is 5.97 Å². The molecule has 3 aliphatic carbocycles. The Morgan fingerprint density at radius 3 is 2.58 bits per heavy atom. The van der Waals surface area contributed by atoms with Gasteiger partial charge in [0.1, 0.15) is 5.54 Å². The van der Waals surface area contributed by atoms with Gasteiger partial charge in [-0.3, -0.25) is 4.79 Å². The van der Waals surface area contributed by atoms with Crippen LogP contribution in [0.15, 0.2) is 18.2 Å². The van der Waals surface area contributed by atoms with Gasteiger partial charge in [0, 0.05) is 36.5 Å². The van der Waals surface area contributed by atoms with E-state index in [0.717, 1.165) is 30.5 Å². The molecule has 1 aromatic carbocycles. The lowest BCUT2D eigenvalue weighted by molar-refractivity contribution is -0.145. The summed E-state index contributed by atoms with van der Waals surface area (Å²) >= 11 is 11.8. The minimum absolute atomic E-state index is 0.127. The molecular formula is C18H24Cl2N2O2. The average Bonchev–Trinajstić information content (AvgIpc) is 2.85. The summed E-state index contributed by atoms with van der Waals surface area (Å²) < 4.78 is 0. The molecule has 24 heavy (non-hydrogen) atoms. The fraction of sp³-hybridized carbons (Fsp3) is 0.611. The van der Waals surface area contributed by atoms with Crippen LogP contribution in [0.25, 0.3) is 0 Å². The second-order valence-corrected chi connectivity index (χ2v) is 7.66. The molecule has 1 saturated carbocycles. The number of aliphatic carboxylic acids is 1. The molecule has 3 atom stereocenters. The summed E-state index contributed by atoms with van der Waals surface area (Å²) in [5, 5.41) is 9.75. The molecule has 3 aliphatic rings. The quantitative estimate of drug-likeness (QED) is 0.751. The van der Waals surface area contributed by atoms with Crippen LogP contribution < -0.4 is 10.6 Å². The van der Waals surface area contributed by atoms with Crippen LogP contribution in [0.5, 0.6) is 0 Å². The SMILES string of the molecule is NC1(C(=O)O)CC2CCCC1c1cc(N(CCCl)CCCl)ccc12. The molecule has 3 unspecified atom stereocenters.